The van der Waals surface area contributed by atoms with Gasteiger partial charge in [-0.05, 0) is 67.8 Å². The third kappa shape index (κ3) is 5.14. The lowest BCUT2D eigenvalue weighted by atomic mass is 9.95. The summed E-state index contributed by atoms with van der Waals surface area (Å²) in [5, 5.41) is 0.944. The molecule has 0 atom stereocenters. The fraction of sp³-hybridized carbons (Fsp3) is 0.375. The van der Waals surface area contributed by atoms with E-state index in [0.29, 0.717) is 6.04 Å². The van der Waals surface area contributed by atoms with E-state index >= 15 is 0 Å². The molecule has 9 heteroatoms. The summed E-state index contributed by atoms with van der Waals surface area (Å²) in [5.74, 6) is -0.206. The Kier molecular flexibility index (Phi) is 6.90. The molecule has 1 N–H and O–H groups in total. The van der Waals surface area contributed by atoms with E-state index in [1.807, 2.05) is 13.0 Å². The summed E-state index contributed by atoms with van der Waals surface area (Å²) in [6.07, 6.45) is 6.12. The van der Waals surface area contributed by atoms with Crippen LogP contribution in [0.3, 0.4) is 0 Å². The molecule has 4 rings (SSSR count). The molecule has 0 unspecified atom stereocenters. The Morgan fingerprint density at radius 3 is 2.48 bits per heavy atom. The smallest absolute Gasteiger partial charge is 0.265 e. The average molecular weight is 490 g/mol. The number of nitrogens with zero attached hydrogens (tertiary/aromatic N) is 2. The van der Waals surface area contributed by atoms with E-state index < -0.39 is 15.8 Å². The molecule has 0 aliphatic heterocycles. The molecule has 6 nitrogen and oxygen atoms in total. The topological polar surface area (TPSA) is 71.5 Å². The van der Waals surface area contributed by atoms with Gasteiger partial charge in [-0.1, -0.05) is 30.6 Å². The Morgan fingerprint density at radius 1 is 1.12 bits per heavy atom. The van der Waals surface area contributed by atoms with E-state index in [1.54, 1.807) is 23.5 Å². The first-order chi connectivity index (χ1) is 15.8. The van der Waals surface area contributed by atoms with E-state index in [2.05, 4.69) is 16.7 Å². The first kappa shape index (κ1) is 23.5. The molecule has 1 heterocycles. The van der Waals surface area contributed by atoms with Crippen LogP contribution in [-0.4, -0.2) is 33.6 Å². The van der Waals surface area contributed by atoms with Crippen molar-refractivity contribution in [1.82, 2.24) is 4.98 Å². The Morgan fingerprint density at radius 2 is 1.82 bits per heavy atom. The summed E-state index contributed by atoms with van der Waals surface area (Å²) in [6, 6.07) is 10.8. The van der Waals surface area contributed by atoms with Crippen molar-refractivity contribution in [3.05, 3.63) is 54.0 Å². The van der Waals surface area contributed by atoms with Crippen LogP contribution in [0.4, 0.5) is 15.2 Å². The van der Waals surface area contributed by atoms with Crippen LogP contribution in [0.15, 0.2) is 47.4 Å². The zero-order valence-corrected chi connectivity index (χ0v) is 20.6. The number of aryl methyl sites for hydroxylation is 1. The van der Waals surface area contributed by atoms with E-state index in [1.165, 1.54) is 63.5 Å². The molecule has 0 saturated heterocycles. The van der Waals surface area contributed by atoms with Crippen molar-refractivity contribution >= 4 is 32.2 Å². The number of aromatic nitrogens is 1. The number of ether oxygens (including phenoxy) is 1. The van der Waals surface area contributed by atoms with Crippen molar-refractivity contribution in [3.63, 3.8) is 0 Å². The second kappa shape index (κ2) is 9.69. The van der Waals surface area contributed by atoms with Crippen LogP contribution in [0, 0.1) is 12.7 Å². The number of methoxy groups -OCH3 is 1. The third-order valence-electron chi connectivity index (χ3n) is 6.02. The molecule has 1 aliphatic rings. The Bertz CT molecular complexity index is 1220. The van der Waals surface area contributed by atoms with Crippen molar-refractivity contribution in [3.8, 4) is 16.2 Å². The highest BCUT2D eigenvalue weighted by atomic mass is 32.2. The number of benzene rings is 2. The predicted octanol–water partition coefficient (Wildman–Crippen LogP) is 5.84. The molecule has 0 bridgehead atoms. The summed E-state index contributed by atoms with van der Waals surface area (Å²) in [6.45, 7) is 1.94. The Labute approximate surface area is 198 Å². The SMILES string of the molecule is COc1ccc(-c2sc(N(C)C3CCCCC3)nc2C)cc1S(=O)(=O)Nc1ccc(F)cc1. The maximum absolute atomic E-state index is 13.2. The van der Waals surface area contributed by atoms with Gasteiger partial charge in [-0.25, -0.2) is 17.8 Å². The van der Waals surface area contributed by atoms with Crippen LogP contribution in [0.5, 0.6) is 5.75 Å². The van der Waals surface area contributed by atoms with E-state index in [0.717, 1.165) is 21.3 Å². The lowest BCUT2D eigenvalue weighted by molar-refractivity contribution is 0.403. The van der Waals surface area contributed by atoms with Crippen molar-refractivity contribution in [2.45, 2.75) is 50.0 Å². The Balaban J connectivity index is 1.66. The number of halogens is 1. The molecule has 0 amide bonds. The monoisotopic (exact) mass is 489 g/mol. The number of sulfonamides is 1. The number of hydrogen-bond acceptors (Lipinski definition) is 6. The van der Waals surface area contributed by atoms with Gasteiger partial charge < -0.3 is 9.64 Å². The van der Waals surface area contributed by atoms with Crippen molar-refractivity contribution in [1.29, 1.82) is 0 Å². The quantitative estimate of drug-likeness (QED) is 0.452. The van der Waals surface area contributed by atoms with Gasteiger partial charge in [-0.15, -0.1) is 0 Å². The highest BCUT2D eigenvalue weighted by Gasteiger charge is 2.24. The van der Waals surface area contributed by atoms with E-state index in [-0.39, 0.29) is 16.3 Å². The second-order valence-electron chi connectivity index (χ2n) is 8.29. The van der Waals surface area contributed by atoms with Gasteiger partial charge in [0.05, 0.1) is 17.7 Å². The molecule has 0 radical (unpaired) electrons. The van der Waals surface area contributed by atoms with Gasteiger partial charge in [-0.2, -0.15) is 0 Å². The van der Waals surface area contributed by atoms with Gasteiger partial charge in [0.25, 0.3) is 10.0 Å². The first-order valence-electron chi connectivity index (χ1n) is 11.0. The van der Waals surface area contributed by atoms with Gasteiger partial charge in [0, 0.05) is 18.8 Å². The summed E-state index contributed by atoms with van der Waals surface area (Å²) in [7, 11) is -0.439. The van der Waals surface area contributed by atoms with Crippen molar-refractivity contribution in [2.24, 2.45) is 0 Å². The second-order valence-corrected chi connectivity index (χ2v) is 10.9. The largest absolute Gasteiger partial charge is 0.495 e. The van der Waals surface area contributed by atoms with Gasteiger partial charge >= 0.3 is 0 Å². The fourth-order valence-corrected chi connectivity index (χ4v) is 6.53. The molecule has 33 heavy (non-hydrogen) atoms. The van der Waals surface area contributed by atoms with Gasteiger partial charge in [0.15, 0.2) is 5.13 Å². The highest BCUT2D eigenvalue weighted by molar-refractivity contribution is 7.92. The lowest BCUT2D eigenvalue weighted by Gasteiger charge is -2.30. The van der Waals surface area contributed by atoms with Crippen LogP contribution >= 0.6 is 11.3 Å². The van der Waals surface area contributed by atoms with Crippen LogP contribution in [0.25, 0.3) is 10.4 Å². The summed E-state index contributed by atoms with van der Waals surface area (Å²) in [5.41, 5.74) is 1.89. The summed E-state index contributed by atoms with van der Waals surface area (Å²) in [4.78, 5) is 7.99. The van der Waals surface area contributed by atoms with Crippen LogP contribution in [-0.2, 0) is 10.0 Å². The van der Waals surface area contributed by atoms with Crippen LogP contribution < -0.4 is 14.4 Å². The fourth-order valence-electron chi connectivity index (χ4n) is 4.18. The molecule has 0 spiro atoms. The maximum Gasteiger partial charge on any atom is 0.265 e. The van der Waals surface area contributed by atoms with Gasteiger partial charge in [0.1, 0.15) is 16.5 Å². The molecule has 1 fully saturated rings. The number of thiazole rings is 1. The molecular weight excluding hydrogens is 461 g/mol. The van der Waals surface area contributed by atoms with Crippen LogP contribution in [0.2, 0.25) is 0 Å². The molecular formula is C24H28FN3O3S2. The molecule has 1 aliphatic carbocycles. The summed E-state index contributed by atoms with van der Waals surface area (Å²) < 4.78 is 47.3. The average Bonchev–Trinajstić information content (AvgIpc) is 3.21. The minimum Gasteiger partial charge on any atom is -0.495 e. The molecule has 1 saturated carbocycles. The number of hydrogen-bond donors (Lipinski definition) is 1. The van der Waals surface area contributed by atoms with E-state index in [9.17, 15) is 12.8 Å². The first-order valence-corrected chi connectivity index (χ1v) is 13.3. The van der Waals surface area contributed by atoms with Gasteiger partial charge in [0.2, 0.25) is 0 Å². The Hall–Kier alpha value is -2.65. The summed E-state index contributed by atoms with van der Waals surface area (Å²) >= 11 is 1.57. The van der Waals surface area contributed by atoms with Crippen molar-refractivity contribution in [2.75, 3.05) is 23.8 Å². The zero-order chi connectivity index (χ0) is 23.6. The normalized spacial score (nSPS) is 14.8. The third-order valence-corrected chi connectivity index (χ3v) is 8.72. The van der Waals surface area contributed by atoms with Crippen molar-refractivity contribution < 1.29 is 17.5 Å². The minimum atomic E-state index is -3.96. The highest BCUT2D eigenvalue weighted by Crippen LogP contribution is 2.39. The number of anilines is 2. The molecule has 2 aromatic carbocycles. The maximum atomic E-state index is 13.2. The molecule has 176 valence electrons. The predicted molar refractivity (Wildman–Crippen MR) is 131 cm³/mol. The lowest BCUT2D eigenvalue weighted by Crippen LogP contribution is -2.33. The molecule has 3 aromatic rings. The van der Waals surface area contributed by atoms with Gasteiger partial charge in [-0.3, -0.25) is 4.72 Å². The standard InChI is InChI=1S/C24H28FN3O3S2/c1-16-23(32-24(26-16)28(2)20-7-5-4-6-8-20)17-9-14-21(31-3)22(15-17)33(29,30)27-19-12-10-18(25)11-13-19/h9-15,20,27H,4-8H2,1-3H3. The van der Waals surface area contributed by atoms with Crippen LogP contribution in [0.1, 0.15) is 37.8 Å². The number of nitrogens with one attached hydrogen (secondary N) is 1. The van der Waals surface area contributed by atoms with E-state index in [4.69, 9.17) is 9.72 Å². The molecule has 1 aromatic heterocycles. The number of rotatable bonds is 7. The zero-order valence-electron chi connectivity index (χ0n) is 19.0. The minimum absolute atomic E-state index is 0.0156.